The van der Waals surface area contributed by atoms with E-state index in [2.05, 4.69) is 16.9 Å². The van der Waals surface area contributed by atoms with Crippen molar-refractivity contribution in [1.29, 1.82) is 0 Å². The van der Waals surface area contributed by atoms with E-state index in [0.29, 0.717) is 11.4 Å². The Bertz CT molecular complexity index is 667. The monoisotopic (exact) mass is 345 g/mol. The first kappa shape index (κ1) is 18.4. The summed E-state index contributed by atoms with van der Waals surface area (Å²) in [6.45, 7) is 3.60. The molecule has 0 saturated heterocycles. The average Bonchev–Trinajstić information content (AvgIpc) is 2.59. The lowest BCUT2D eigenvalue weighted by Gasteiger charge is -2.23. The molecule has 4 nitrogen and oxygen atoms in total. The zero-order valence-corrected chi connectivity index (χ0v) is 14.8. The summed E-state index contributed by atoms with van der Waals surface area (Å²) in [5.41, 5.74) is 2.43. The minimum absolute atomic E-state index is 0.473. The van der Waals surface area contributed by atoms with E-state index in [4.69, 9.17) is 11.6 Å². The molecular formula is C19H22ClN2O2-. The number of aliphatic carboxylic acids is 1. The molecule has 0 N–H and O–H groups in total. The molecule has 1 aromatic heterocycles. The minimum atomic E-state index is -1.54. The summed E-state index contributed by atoms with van der Waals surface area (Å²) >= 11 is 5.99. The molecule has 0 aliphatic heterocycles. The number of benzene rings is 1. The van der Waals surface area contributed by atoms with Gasteiger partial charge in [0.15, 0.2) is 5.82 Å². The fourth-order valence-electron chi connectivity index (χ4n) is 2.44. The van der Waals surface area contributed by atoms with Crippen LogP contribution in [0.25, 0.3) is 11.4 Å². The molecule has 5 heteroatoms. The van der Waals surface area contributed by atoms with Crippen LogP contribution in [0.3, 0.4) is 0 Å². The Morgan fingerprint density at radius 2 is 1.75 bits per heavy atom. The topological polar surface area (TPSA) is 65.9 Å². The molecular weight excluding hydrogens is 324 g/mol. The van der Waals surface area contributed by atoms with Crippen LogP contribution in [0.5, 0.6) is 0 Å². The van der Waals surface area contributed by atoms with Gasteiger partial charge in [-0.1, -0.05) is 50.5 Å². The first-order valence-electron chi connectivity index (χ1n) is 8.27. The molecule has 1 heterocycles. The summed E-state index contributed by atoms with van der Waals surface area (Å²) in [6.07, 6.45) is 9.58. The fourth-order valence-corrected chi connectivity index (χ4v) is 2.56. The number of carboxylic acid groups (broad SMARTS) is 1. The molecule has 0 radical (unpaired) electrons. The van der Waals surface area contributed by atoms with Crippen molar-refractivity contribution in [2.24, 2.45) is 0 Å². The molecule has 0 aliphatic carbocycles. The molecule has 0 saturated carbocycles. The molecule has 0 spiro atoms. The van der Waals surface area contributed by atoms with E-state index in [1.54, 1.807) is 24.3 Å². The average molecular weight is 346 g/mol. The summed E-state index contributed by atoms with van der Waals surface area (Å²) in [6, 6.07) is 6.88. The lowest BCUT2D eigenvalue weighted by molar-refractivity contribution is -0.309. The van der Waals surface area contributed by atoms with Gasteiger partial charge in [-0.2, -0.15) is 0 Å². The smallest absolute Gasteiger partial charge is 0.159 e. The first-order valence-corrected chi connectivity index (χ1v) is 8.65. The zero-order chi connectivity index (χ0) is 17.6. The van der Waals surface area contributed by atoms with E-state index in [9.17, 15) is 9.90 Å². The van der Waals surface area contributed by atoms with E-state index >= 15 is 0 Å². The van der Waals surface area contributed by atoms with Crippen LogP contribution < -0.4 is 5.11 Å². The molecule has 128 valence electrons. The van der Waals surface area contributed by atoms with Gasteiger partial charge < -0.3 is 9.90 Å². The lowest BCUT2D eigenvalue weighted by Crippen LogP contribution is -2.39. The van der Waals surface area contributed by atoms with Crippen molar-refractivity contribution in [1.82, 2.24) is 9.97 Å². The highest BCUT2D eigenvalue weighted by Gasteiger charge is 2.25. The molecule has 1 atom stereocenters. The number of carboxylic acids is 1. The van der Waals surface area contributed by atoms with Crippen LogP contribution in [0.1, 0.15) is 50.7 Å². The number of hydrogen-bond acceptors (Lipinski definition) is 4. The predicted molar refractivity (Wildman–Crippen MR) is 93.5 cm³/mol. The quantitative estimate of drug-likeness (QED) is 0.542. The van der Waals surface area contributed by atoms with Gasteiger partial charge in [-0.3, -0.25) is 0 Å². The minimum Gasteiger partial charge on any atom is -0.548 e. The van der Waals surface area contributed by atoms with Crippen molar-refractivity contribution < 1.29 is 9.90 Å². The fraction of sp³-hybridized carbons (Fsp3) is 0.421. The van der Waals surface area contributed by atoms with Crippen LogP contribution in [0.2, 0.25) is 0 Å². The second kappa shape index (κ2) is 8.25. The Morgan fingerprint density at radius 3 is 2.29 bits per heavy atom. The van der Waals surface area contributed by atoms with Gasteiger partial charge in [0.25, 0.3) is 0 Å². The summed E-state index contributed by atoms with van der Waals surface area (Å²) in [7, 11) is 0. The van der Waals surface area contributed by atoms with Gasteiger partial charge in [0.05, 0.1) is 5.97 Å². The van der Waals surface area contributed by atoms with Crippen LogP contribution >= 0.6 is 11.6 Å². The van der Waals surface area contributed by atoms with Crippen molar-refractivity contribution in [3.8, 4) is 11.4 Å². The van der Waals surface area contributed by atoms with E-state index in [1.165, 1.54) is 26.2 Å². The Balaban J connectivity index is 2.05. The highest BCUT2D eigenvalue weighted by atomic mass is 35.5. The number of rotatable bonds is 8. The molecule has 2 aromatic rings. The molecule has 1 aromatic carbocycles. The van der Waals surface area contributed by atoms with Crippen LogP contribution in [-0.4, -0.2) is 15.9 Å². The van der Waals surface area contributed by atoms with Crippen LogP contribution in [0.15, 0.2) is 36.7 Å². The molecule has 2 rings (SSSR count). The van der Waals surface area contributed by atoms with Crippen LogP contribution in [-0.2, 0) is 16.1 Å². The maximum Gasteiger partial charge on any atom is 0.159 e. The highest BCUT2D eigenvalue weighted by Crippen LogP contribution is 2.29. The standard InChI is InChI=1S/C19H23ClN2O2/c1-3-4-5-6-7-14-12-21-17(22-13-14)15-8-10-16(11-9-15)19(2,20)18(23)24/h8-13H,3-7H2,1-2H3,(H,23,24)/p-1. The number of carbonyl (C=O) groups excluding carboxylic acids is 1. The molecule has 0 fully saturated rings. The number of alkyl halides is 1. The lowest BCUT2D eigenvalue weighted by atomic mass is 9.99. The van der Waals surface area contributed by atoms with Gasteiger partial charge >= 0.3 is 0 Å². The summed E-state index contributed by atoms with van der Waals surface area (Å²) in [5.74, 6) is -0.704. The number of aryl methyl sites for hydroxylation is 1. The van der Waals surface area contributed by atoms with Crippen molar-refractivity contribution in [3.05, 3.63) is 47.8 Å². The third-order valence-electron chi connectivity index (χ3n) is 4.09. The summed E-state index contributed by atoms with van der Waals surface area (Å²) in [5, 5.41) is 11.1. The molecule has 24 heavy (non-hydrogen) atoms. The Morgan fingerprint density at radius 1 is 1.12 bits per heavy atom. The Kier molecular flexibility index (Phi) is 6.32. The second-order valence-electron chi connectivity index (χ2n) is 6.09. The van der Waals surface area contributed by atoms with Gasteiger partial charge in [-0.05, 0) is 30.9 Å². The van der Waals surface area contributed by atoms with Crippen LogP contribution in [0, 0.1) is 0 Å². The van der Waals surface area contributed by atoms with E-state index < -0.39 is 10.8 Å². The summed E-state index contributed by atoms with van der Waals surface area (Å²) in [4.78, 5) is 18.3. The number of carbonyl (C=O) groups is 1. The van der Waals surface area contributed by atoms with Crippen molar-refractivity contribution in [2.75, 3.05) is 0 Å². The normalized spacial score (nSPS) is 13.5. The van der Waals surface area contributed by atoms with Crippen LogP contribution in [0.4, 0.5) is 0 Å². The Hall–Kier alpha value is -1.94. The SMILES string of the molecule is CCCCCCc1cnc(-c2ccc(C(C)(Cl)C(=O)[O-])cc2)nc1. The van der Waals surface area contributed by atoms with Gasteiger partial charge in [-0.25, -0.2) is 9.97 Å². The van der Waals surface area contributed by atoms with Crippen molar-refractivity contribution in [2.45, 2.75) is 50.8 Å². The second-order valence-corrected chi connectivity index (χ2v) is 6.85. The van der Waals surface area contributed by atoms with E-state index in [0.717, 1.165) is 24.0 Å². The molecule has 1 unspecified atom stereocenters. The summed E-state index contributed by atoms with van der Waals surface area (Å²) < 4.78 is 0. The number of aromatic nitrogens is 2. The number of unbranched alkanes of at least 4 members (excludes halogenated alkanes) is 3. The maximum atomic E-state index is 11.1. The van der Waals surface area contributed by atoms with Gasteiger partial charge in [0, 0.05) is 18.0 Å². The van der Waals surface area contributed by atoms with Gasteiger partial charge in [0.1, 0.15) is 4.87 Å². The third kappa shape index (κ3) is 4.54. The first-order chi connectivity index (χ1) is 11.4. The number of hydrogen-bond donors (Lipinski definition) is 0. The number of nitrogens with zero attached hydrogens (tertiary/aromatic N) is 2. The van der Waals surface area contributed by atoms with Gasteiger partial charge in [0.2, 0.25) is 0 Å². The number of halogens is 1. The predicted octanol–water partition coefficient (Wildman–Crippen LogP) is 3.47. The third-order valence-corrected chi connectivity index (χ3v) is 4.47. The molecule has 0 amide bonds. The maximum absolute atomic E-state index is 11.1. The van der Waals surface area contributed by atoms with Crippen molar-refractivity contribution >= 4 is 17.6 Å². The molecule has 0 aliphatic rings. The van der Waals surface area contributed by atoms with E-state index in [1.807, 2.05) is 12.4 Å². The largest absolute Gasteiger partial charge is 0.548 e. The zero-order valence-electron chi connectivity index (χ0n) is 14.1. The van der Waals surface area contributed by atoms with Gasteiger partial charge in [-0.15, -0.1) is 11.6 Å². The Labute approximate surface area is 147 Å². The van der Waals surface area contributed by atoms with Crippen molar-refractivity contribution in [3.63, 3.8) is 0 Å². The highest BCUT2D eigenvalue weighted by molar-refractivity contribution is 6.33. The molecule has 0 bridgehead atoms. The van der Waals surface area contributed by atoms with E-state index in [-0.39, 0.29) is 0 Å².